The Balaban J connectivity index is 0.000000219. The first-order chi connectivity index (χ1) is 17.0. The summed E-state index contributed by atoms with van der Waals surface area (Å²) < 4.78 is 5.24. The SMILES string of the molecule is C[C@H]1CCCCN1.C[C@H]1CCCCN1.C[C@H]1CCCCN1.C[C@H]1CCCN1.C[C@H]1COCCCN1. The third-order valence-corrected chi connectivity index (χ3v) is 7.30. The van der Waals surface area contributed by atoms with E-state index in [2.05, 4.69) is 61.2 Å². The van der Waals surface area contributed by atoms with Crippen molar-refractivity contribution in [3.8, 4) is 0 Å². The zero-order valence-corrected chi connectivity index (χ0v) is 24.2. The van der Waals surface area contributed by atoms with Crippen molar-refractivity contribution in [2.24, 2.45) is 0 Å². The van der Waals surface area contributed by atoms with E-state index in [9.17, 15) is 0 Å². The number of piperidine rings is 3. The smallest absolute Gasteiger partial charge is 0.0616 e. The molecular weight excluding hydrogens is 434 g/mol. The van der Waals surface area contributed by atoms with Crippen molar-refractivity contribution in [2.45, 2.75) is 142 Å². The third kappa shape index (κ3) is 21.5. The molecule has 0 aromatic rings. The van der Waals surface area contributed by atoms with E-state index in [1.165, 1.54) is 96.8 Å². The molecule has 210 valence electrons. The fraction of sp³-hybridized carbons (Fsp3) is 1.00. The van der Waals surface area contributed by atoms with E-state index in [0.29, 0.717) is 6.04 Å². The maximum atomic E-state index is 5.24. The second kappa shape index (κ2) is 22.9. The van der Waals surface area contributed by atoms with Crippen LogP contribution in [-0.4, -0.2) is 76.1 Å². The Bertz CT molecular complexity index is 383. The van der Waals surface area contributed by atoms with Crippen LogP contribution in [-0.2, 0) is 4.74 Å². The topological polar surface area (TPSA) is 69.4 Å². The predicted molar refractivity (Wildman–Crippen MR) is 154 cm³/mol. The van der Waals surface area contributed by atoms with Crippen LogP contribution in [0.3, 0.4) is 0 Å². The minimum Gasteiger partial charge on any atom is -0.380 e. The summed E-state index contributed by atoms with van der Waals surface area (Å²) in [4.78, 5) is 0. The predicted octanol–water partition coefficient (Wildman–Crippen LogP) is 4.59. The molecule has 6 nitrogen and oxygen atoms in total. The van der Waals surface area contributed by atoms with Gasteiger partial charge in [-0.2, -0.15) is 0 Å². The van der Waals surface area contributed by atoms with Crippen molar-refractivity contribution in [1.82, 2.24) is 26.6 Å². The monoisotopic (exact) mass is 498 g/mol. The van der Waals surface area contributed by atoms with E-state index in [-0.39, 0.29) is 0 Å². The second-order valence-electron chi connectivity index (χ2n) is 11.3. The molecule has 0 saturated carbocycles. The Morgan fingerprint density at radius 3 is 1.03 bits per heavy atom. The van der Waals surface area contributed by atoms with E-state index in [0.717, 1.165) is 50.3 Å². The van der Waals surface area contributed by atoms with Gasteiger partial charge in [-0.3, -0.25) is 0 Å². The molecule has 5 aliphatic rings. The molecule has 0 aromatic carbocycles. The molecule has 0 spiro atoms. The summed E-state index contributed by atoms with van der Waals surface area (Å²) >= 11 is 0. The zero-order chi connectivity index (χ0) is 25.6. The Hall–Kier alpha value is -0.240. The molecule has 5 N–H and O–H groups in total. The third-order valence-electron chi connectivity index (χ3n) is 7.30. The van der Waals surface area contributed by atoms with E-state index >= 15 is 0 Å². The lowest BCUT2D eigenvalue weighted by molar-refractivity contribution is 0.135. The van der Waals surface area contributed by atoms with Gasteiger partial charge in [0, 0.05) is 36.8 Å². The number of ether oxygens (including phenoxy) is 1. The van der Waals surface area contributed by atoms with E-state index in [4.69, 9.17) is 4.74 Å². The fourth-order valence-electron chi connectivity index (χ4n) is 4.78. The molecule has 0 unspecified atom stereocenters. The highest BCUT2D eigenvalue weighted by Gasteiger charge is 2.07. The highest BCUT2D eigenvalue weighted by Crippen LogP contribution is 2.06. The van der Waals surface area contributed by atoms with Crippen LogP contribution >= 0.6 is 0 Å². The molecule has 5 saturated heterocycles. The van der Waals surface area contributed by atoms with Crippen LogP contribution in [0.4, 0.5) is 0 Å². The Morgan fingerprint density at radius 1 is 0.400 bits per heavy atom. The standard InChI is InChI=1S/C6H13NO.3C6H13N.C5H11N/c1-6-5-8-4-2-3-7-6;3*1-6-4-2-3-5-7-6;1-5-3-2-4-6-5/h6-7H,2-5H2,1H3;3*6-7H,2-5H2,1H3;5-6H,2-4H2,1H3/t4*6-;5-/m00000/s1. The minimum absolute atomic E-state index is 0.553. The van der Waals surface area contributed by atoms with Gasteiger partial charge in [0.15, 0.2) is 0 Å². The first-order valence-electron chi connectivity index (χ1n) is 15.2. The van der Waals surface area contributed by atoms with Crippen LogP contribution in [0, 0.1) is 0 Å². The quantitative estimate of drug-likeness (QED) is 0.337. The van der Waals surface area contributed by atoms with Gasteiger partial charge in [0.2, 0.25) is 0 Å². The van der Waals surface area contributed by atoms with E-state index in [1.54, 1.807) is 0 Å². The molecule has 5 fully saturated rings. The van der Waals surface area contributed by atoms with Crippen molar-refractivity contribution in [3.05, 3.63) is 0 Å². The van der Waals surface area contributed by atoms with Crippen LogP contribution in [0.25, 0.3) is 0 Å². The summed E-state index contributed by atoms with van der Waals surface area (Å²) in [6.45, 7) is 19.0. The normalized spacial score (nSPS) is 33.0. The van der Waals surface area contributed by atoms with Crippen LogP contribution in [0.1, 0.15) is 112 Å². The summed E-state index contributed by atoms with van der Waals surface area (Å²) in [6.07, 6.45) is 16.4. The zero-order valence-electron chi connectivity index (χ0n) is 24.2. The summed E-state index contributed by atoms with van der Waals surface area (Å²) in [7, 11) is 0. The maximum Gasteiger partial charge on any atom is 0.0616 e. The number of rotatable bonds is 0. The molecular formula is C29H63N5O. The highest BCUT2D eigenvalue weighted by atomic mass is 16.5. The molecule has 0 radical (unpaired) electrons. The van der Waals surface area contributed by atoms with Gasteiger partial charge in [0.25, 0.3) is 0 Å². The summed E-state index contributed by atoms with van der Waals surface area (Å²) in [6, 6.07) is 3.71. The van der Waals surface area contributed by atoms with Gasteiger partial charge in [-0.05, 0) is 125 Å². The van der Waals surface area contributed by atoms with Gasteiger partial charge < -0.3 is 31.3 Å². The van der Waals surface area contributed by atoms with Crippen molar-refractivity contribution >= 4 is 0 Å². The number of hydrogen-bond acceptors (Lipinski definition) is 6. The van der Waals surface area contributed by atoms with Gasteiger partial charge in [0.1, 0.15) is 0 Å². The minimum atomic E-state index is 0.553. The molecule has 0 aromatic heterocycles. The molecule has 5 aliphatic heterocycles. The molecule has 5 heterocycles. The lowest BCUT2D eigenvalue weighted by atomic mass is 10.1. The van der Waals surface area contributed by atoms with Crippen LogP contribution < -0.4 is 26.6 Å². The molecule has 0 amide bonds. The second-order valence-corrected chi connectivity index (χ2v) is 11.3. The van der Waals surface area contributed by atoms with E-state index < -0.39 is 0 Å². The van der Waals surface area contributed by atoms with Gasteiger partial charge >= 0.3 is 0 Å². The lowest BCUT2D eigenvalue weighted by Crippen LogP contribution is -2.30. The van der Waals surface area contributed by atoms with Crippen molar-refractivity contribution in [3.63, 3.8) is 0 Å². The van der Waals surface area contributed by atoms with Crippen molar-refractivity contribution in [2.75, 3.05) is 45.9 Å². The largest absolute Gasteiger partial charge is 0.380 e. The van der Waals surface area contributed by atoms with Crippen molar-refractivity contribution < 1.29 is 4.74 Å². The first kappa shape index (κ1) is 32.8. The Morgan fingerprint density at radius 2 is 0.743 bits per heavy atom. The van der Waals surface area contributed by atoms with Gasteiger partial charge in [-0.25, -0.2) is 0 Å². The highest BCUT2D eigenvalue weighted by molar-refractivity contribution is 4.68. The average Bonchev–Trinajstić information content (AvgIpc) is 3.22. The molecule has 5 rings (SSSR count). The van der Waals surface area contributed by atoms with Crippen LogP contribution in [0.15, 0.2) is 0 Å². The van der Waals surface area contributed by atoms with Gasteiger partial charge in [0.05, 0.1) is 6.61 Å². The molecule has 0 bridgehead atoms. The van der Waals surface area contributed by atoms with Crippen LogP contribution in [0.5, 0.6) is 0 Å². The molecule has 5 atom stereocenters. The van der Waals surface area contributed by atoms with Gasteiger partial charge in [-0.15, -0.1) is 0 Å². The van der Waals surface area contributed by atoms with Crippen molar-refractivity contribution in [1.29, 1.82) is 0 Å². The van der Waals surface area contributed by atoms with Crippen LogP contribution in [0.2, 0.25) is 0 Å². The number of nitrogens with one attached hydrogen (secondary N) is 5. The summed E-state index contributed by atoms with van der Waals surface area (Å²) in [5.74, 6) is 0. The lowest BCUT2D eigenvalue weighted by Gasteiger charge is -2.18. The molecule has 35 heavy (non-hydrogen) atoms. The Labute approximate surface area is 219 Å². The average molecular weight is 498 g/mol. The molecule has 6 heteroatoms. The van der Waals surface area contributed by atoms with E-state index in [1.807, 2.05) is 0 Å². The number of hydrogen-bond donors (Lipinski definition) is 5. The summed E-state index contributed by atoms with van der Waals surface area (Å²) in [5.41, 5.74) is 0. The fourth-order valence-corrected chi connectivity index (χ4v) is 4.78. The Kier molecular flexibility index (Phi) is 21.5. The maximum absolute atomic E-state index is 5.24. The molecule has 0 aliphatic carbocycles. The van der Waals surface area contributed by atoms with Gasteiger partial charge in [-0.1, -0.05) is 19.3 Å². The summed E-state index contributed by atoms with van der Waals surface area (Å²) in [5, 5.41) is 16.8. The first-order valence-corrected chi connectivity index (χ1v) is 15.2.